The minimum Gasteiger partial charge on any atom is -0.464 e. The molecule has 6 nitrogen and oxygen atoms in total. The number of hydrogen-bond donors (Lipinski definition) is 2. The lowest BCUT2D eigenvalue weighted by atomic mass is 10.1. The molecule has 0 atom stereocenters. The Balaban J connectivity index is 4.26. The fraction of sp³-hybridized carbons (Fsp3) is 0.941. The predicted octanol–water partition coefficient (Wildman–Crippen LogP) is 4.52. The molecule has 2 N–H and O–H groups in total. The second-order valence-electron chi connectivity index (χ2n) is 6.35. The SMILES string of the molecule is CCCCCCCCN(CCCCCCCC)S(=O)(=O)NC(=O)O. The van der Waals surface area contributed by atoms with Gasteiger partial charge in [-0.1, -0.05) is 78.1 Å². The zero-order valence-electron chi connectivity index (χ0n) is 15.4. The van der Waals surface area contributed by atoms with Gasteiger partial charge in [-0.05, 0) is 12.8 Å². The normalized spacial score (nSPS) is 11.8. The molecule has 0 aromatic carbocycles. The van der Waals surface area contributed by atoms with Crippen molar-refractivity contribution < 1.29 is 18.3 Å². The minimum atomic E-state index is -3.93. The molecular weight excluding hydrogens is 328 g/mol. The van der Waals surface area contributed by atoms with Crippen LogP contribution in [-0.4, -0.2) is 37.0 Å². The summed E-state index contributed by atoms with van der Waals surface area (Å²) >= 11 is 0. The Kier molecular flexibility index (Phi) is 14.0. The molecule has 24 heavy (non-hydrogen) atoms. The average Bonchev–Trinajstić information content (AvgIpc) is 2.50. The smallest absolute Gasteiger partial charge is 0.419 e. The summed E-state index contributed by atoms with van der Waals surface area (Å²) < 4.78 is 27.2. The van der Waals surface area contributed by atoms with Gasteiger partial charge in [0.05, 0.1) is 0 Å². The molecule has 0 radical (unpaired) electrons. The molecule has 0 unspecified atom stereocenters. The molecule has 7 heteroatoms. The Morgan fingerprint density at radius 1 is 0.792 bits per heavy atom. The van der Waals surface area contributed by atoms with Crippen LogP contribution in [0.2, 0.25) is 0 Å². The number of rotatable bonds is 16. The highest BCUT2D eigenvalue weighted by Crippen LogP contribution is 2.11. The van der Waals surface area contributed by atoms with Gasteiger partial charge in [0.2, 0.25) is 0 Å². The first-order valence-electron chi connectivity index (χ1n) is 9.44. The van der Waals surface area contributed by atoms with Gasteiger partial charge >= 0.3 is 16.3 Å². The lowest BCUT2D eigenvalue weighted by molar-refractivity contribution is 0.200. The monoisotopic (exact) mass is 364 g/mol. The first-order valence-corrected chi connectivity index (χ1v) is 10.9. The first kappa shape index (κ1) is 23.2. The Bertz CT molecular complexity index is 397. The van der Waals surface area contributed by atoms with Gasteiger partial charge in [-0.15, -0.1) is 0 Å². The molecule has 0 aromatic rings. The van der Waals surface area contributed by atoms with Crippen molar-refractivity contribution in [2.24, 2.45) is 0 Å². The lowest BCUT2D eigenvalue weighted by Gasteiger charge is -2.21. The van der Waals surface area contributed by atoms with Crippen molar-refractivity contribution in [1.29, 1.82) is 0 Å². The summed E-state index contributed by atoms with van der Waals surface area (Å²) in [5.74, 6) is 0. The van der Waals surface area contributed by atoms with Crippen molar-refractivity contribution in [2.45, 2.75) is 90.9 Å². The molecule has 0 aromatic heterocycles. The summed E-state index contributed by atoms with van der Waals surface area (Å²) in [7, 11) is -3.93. The van der Waals surface area contributed by atoms with Crippen LogP contribution in [0.1, 0.15) is 90.9 Å². The van der Waals surface area contributed by atoms with Gasteiger partial charge in [0.25, 0.3) is 0 Å². The Hall–Kier alpha value is -0.820. The van der Waals surface area contributed by atoms with E-state index in [-0.39, 0.29) is 0 Å². The fourth-order valence-electron chi connectivity index (χ4n) is 2.66. The predicted molar refractivity (Wildman–Crippen MR) is 98.4 cm³/mol. The van der Waals surface area contributed by atoms with E-state index in [9.17, 15) is 13.2 Å². The second kappa shape index (κ2) is 14.5. The average molecular weight is 365 g/mol. The van der Waals surface area contributed by atoms with Crippen LogP contribution in [0.5, 0.6) is 0 Å². The van der Waals surface area contributed by atoms with Crippen molar-refractivity contribution in [3.05, 3.63) is 0 Å². The molecule has 0 aliphatic carbocycles. The highest BCUT2D eigenvalue weighted by atomic mass is 32.2. The zero-order valence-corrected chi connectivity index (χ0v) is 16.2. The zero-order chi connectivity index (χ0) is 18.3. The lowest BCUT2D eigenvalue weighted by Crippen LogP contribution is -2.43. The number of amides is 1. The summed E-state index contributed by atoms with van der Waals surface area (Å²) in [6, 6.07) is 0. The van der Waals surface area contributed by atoms with E-state index in [1.54, 1.807) is 4.72 Å². The fourth-order valence-corrected chi connectivity index (χ4v) is 3.75. The summed E-state index contributed by atoms with van der Waals surface area (Å²) in [4.78, 5) is 10.7. The van der Waals surface area contributed by atoms with Crippen molar-refractivity contribution in [1.82, 2.24) is 9.03 Å². The van der Waals surface area contributed by atoms with Crippen LogP contribution >= 0.6 is 0 Å². The maximum atomic E-state index is 12.1. The quantitative estimate of drug-likeness (QED) is 0.394. The third-order valence-electron chi connectivity index (χ3n) is 4.08. The van der Waals surface area contributed by atoms with Gasteiger partial charge in [-0.2, -0.15) is 12.7 Å². The van der Waals surface area contributed by atoms with E-state index in [4.69, 9.17) is 5.11 Å². The van der Waals surface area contributed by atoms with Gasteiger partial charge in [0.15, 0.2) is 0 Å². The number of hydrogen-bond acceptors (Lipinski definition) is 3. The van der Waals surface area contributed by atoms with Crippen molar-refractivity contribution in [3.8, 4) is 0 Å². The van der Waals surface area contributed by atoms with Gasteiger partial charge in [-0.25, -0.2) is 9.52 Å². The van der Waals surface area contributed by atoms with Gasteiger partial charge in [0, 0.05) is 13.1 Å². The molecule has 1 amide bonds. The number of unbranched alkanes of at least 4 members (excludes halogenated alkanes) is 10. The minimum absolute atomic E-state index is 0.393. The molecule has 0 spiro atoms. The maximum absolute atomic E-state index is 12.1. The highest BCUT2D eigenvalue weighted by molar-refractivity contribution is 7.87. The number of nitrogens with one attached hydrogen (secondary N) is 1. The first-order chi connectivity index (χ1) is 11.4. The summed E-state index contributed by atoms with van der Waals surface area (Å²) in [6.45, 7) is 5.10. The molecule has 0 aliphatic heterocycles. The topological polar surface area (TPSA) is 86.7 Å². The third kappa shape index (κ3) is 12.6. The summed E-state index contributed by atoms with van der Waals surface area (Å²) in [5.41, 5.74) is 0. The number of nitrogens with zero attached hydrogens (tertiary/aromatic N) is 1. The molecule has 0 saturated carbocycles. The van der Waals surface area contributed by atoms with Crippen LogP contribution in [0.15, 0.2) is 0 Å². The van der Waals surface area contributed by atoms with Crippen molar-refractivity contribution in [3.63, 3.8) is 0 Å². The van der Waals surface area contributed by atoms with E-state index in [1.807, 2.05) is 0 Å². The number of carbonyl (C=O) groups is 1. The Morgan fingerprint density at radius 3 is 1.54 bits per heavy atom. The molecule has 0 rings (SSSR count). The number of carboxylic acid groups (broad SMARTS) is 1. The highest BCUT2D eigenvalue weighted by Gasteiger charge is 2.23. The Morgan fingerprint density at radius 2 is 1.17 bits per heavy atom. The molecule has 0 fully saturated rings. The Labute approximate surface area is 148 Å². The summed E-state index contributed by atoms with van der Waals surface area (Å²) in [5, 5.41) is 8.72. The van der Waals surface area contributed by atoms with Gasteiger partial charge in [-0.3, -0.25) is 0 Å². The van der Waals surface area contributed by atoms with E-state index >= 15 is 0 Å². The second-order valence-corrected chi connectivity index (χ2v) is 8.02. The molecule has 0 heterocycles. The van der Waals surface area contributed by atoms with Gasteiger partial charge < -0.3 is 5.11 Å². The van der Waals surface area contributed by atoms with Crippen molar-refractivity contribution >= 4 is 16.3 Å². The third-order valence-corrected chi connectivity index (χ3v) is 5.56. The van der Waals surface area contributed by atoms with Crippen LogP contribution in [-0.2, 0) is 10.2 Å². The van der Waals surface area contributed by atoms with Crippen LogP contribution in [0, 0.1) is 0 Å². The van der Waals surface area contributed by atoms with Crippen molar-refractivity contribution in [2.75, 3.05) is 13.1 Å². The molecule has 0 aliphatic rings. The van der Waals surface area contributed by atoms with Crippen LogP contribution in [0.3, 0.4) is 0 Å². The van der Waals surface area contributed by atoms with Crippen LogP contribution in [0.4, 0.5) is 4.79 Å². The molecule has 0 bridgehead atoms. The van der Waals surface area contributed by atoms with Gasteiger partial charge in [0.1, 0.15) is 0 Å². The van der Waals surface area contributed by atoms with Crippen LogP contribution < -0.4 is 4.72 Å². The van der Waals surface area contributed by atoms with E-state index in [0.29, 0.717) is 13.1 Å². The largest absolute Gasteiger partial charge is 0.464 e. The van der Waals surface area contributed by atoms with E-state index in [1.165, 1.54) is 42.8 Å². The molecular formula is C17H36N2O4S. The summed E-state index contributed by atoms with van der Waals surface area (Å²) in [6.07, 6.45) is 11.3. The van der Waals surface area contributed by atoms with E-state index in [2.05, 4.69) is 13.8 Å². The van der Waals surface area contributed by atoms with Crippen LogP contribution in [0.25, 0.3) is 0 Å². The standard InChI is InChI=1S/C17H36N2O4S/c1-3-5-7-9-11-13-15-19(24(22,23)18-17(20)21)16-14-12-10-8-6-4-2/h18H,3-16H2,1-2H3,(H,20,21). The van der Waals surface area contributed by atoms with E-state index in [0.717, 1.165) is 38.5 Å². The van der Waals surface area contributed by atoms with E-state index < -0.39 is 16.3 Å². The molecule has 144 valence electrons. The molecule has 0 saturated heterocycles. The maximum Gasteiger partial charge on any atom is 0.419 e.